The summed E-state index contributed by atoms with van der Waals surface area (Å²) in [5.41, 5.74) is 1.08. The van der Waals surface area contributed by atoms with E-state index in [1.807, 2.05) is 18.2 Å². The molecule has 27 heavy (non-hydrogen) atoms. The number of rotatable bonds is 5. The molecule has 1 saturated carbocycles. The first-order valence-corrected chi connectivity index (χ1v) is 10.3. The van der Waals surface area contributed by atoms with E-state index in [2.05, 4.69) is 16.7 Å². The molecular formula is C21H30N2O4. The summed E-state index contributed by atoms with van der Waals surface area (Å²) in [4.78, 5) is 17.8. The second-order valence-electron chi connectivity index (χ2n) is 7.70. The van der Waals surface area contributed by atoms with Crippen molar-refractivity contribution in [3.05, 3.63) is 23.8 Å². The maximum atomic E-state index is 13.4. The standard InChI is InChI=1S/C21H30N2O4/c1-2-22-10-11-25-20(14-22)21(24)23(17-6-4-3-5-7-17)13-16-8-9-18-19(12-16)27-15-26-18/h8-9,12,17,20H,2-7,10-11,13-15H2,1H3. The smallest absolute Gasteiger partial charge is 0.253 e. The summed E-state index contributed by atoms with van der Waals surface area (Å²) in [7, 11) is 0. The highest BCUT2D eigenvalue weighted by molar-refractivity contribution is 5.81. The molecule has 1 atom stereocenters. The lowest BCUT2D eigenvalue weighted by Crippen LogP contribution is -2.53. The van der Waals surface area contributed by atoms with Crippen LogP contribution >= 0.6 is 0 Å². The number of nitrogens with zero attached hydrogens (tertiary/aromatic N) is 2. The van der Waals surface area contributed by atoms with E-state index < -0.39 is 0 Å². The van der Waals surface area contributed by atoms with Crippen LogP contribution in [0.1, 0.15) is 44.6 Å². The molecule has 0 bridgehead atoms. The number of carbonyl (C=O) groups excluding carboxylic acids is 1. The second-order valence-corrected chi connectivity index (χ2v) is 7.70. The maximum absolute atomic E-state index is 13.4. The van der Waals surface area contributed by atoms with Crippen molar-refractivity contribution in [3.63, 3.8) is 0 Å². The van der Waals surface area contributed by atoms with Gasteiger partial charge in [0.05, 0.1) is 6.61 Å². The summed E-state index contributed by atoms with van der Waals surface area (Å²) in [6.45, 7) is 6.20. The van der Waals surface area contributed by atoms with E-state index in [4.69, 9.17) is 14.2 Å². The molecule has 1 unspecified atom stereocenters. The fraction of sp³-hybridized carbons (Fsp3) is 0.667. The van der Waals surface area contributed by atoms with Crippen molar-refractivity contribution in [2.75, 3.05) is 33.0 Å². The van der Waals surface area contributed by atoms with Crippen molar-refractivity contribution >= 4 is 5.91 Å². The van der Waals surface area contributed by atoms with Crippen molar-refractivity contribution in [3.8, 4) is 11.5 Å². The van der Waals surface area contributed by atoms with Crippen LogP contribution in [0.4, 0.5) is 0 Å². The van der Waals surface area contributed by atoms with E-state index >= 15 is 0 Å². The van der Waals surface area contributed by atoms with Gasteiger partial charge in [-0.3, -0.25) is 9.69 Å². The van der Waals surface area contributed by atoms with E-state index in [9.17, 15) is 4.79 Å². The Labute approximate surface area is 161 Å². The number of hydrogen-bond acceptors (Lipinski definition) is 5. The van der Waals surface area contributed by atoms with Gasteiger partial charge in [-0.2, -0.15) is 0 Å². The Bertz CT molecular complexity index is 660. The number of amides is 1. The lowest BCUT2D eigenvalue weighted by Gasteiger charge is -2.39. The molecule has 1 aromatic carbocycles. The first kappa shape index (κ1) is 18.6. The van der Waals surface area contributed by atoms with Crippen molar-refractivity contribution in [1.29, 1.82) is 0 Å². The van der Waals surface area contributed by atoms with Crippen LogP contribution in [0.25, 0.3) is 0 Å². The molecule has 1 aliphatic carbocycles. The van der Waals surface area contributed by atoms with Gasteiger partial charge in [0, 0.05) is 25.7 Å². The molecule has 1 aromatic rings. The largest absolute Gasteiger partial charge is 0.454 e. The molecule has 0 spiro atoms. The van der Waals surface area contributed by atoms with Gasteiger partial charge >= 0.3 is 0 Å². The first-order valence-electron chi connectivity index (χ1n) is 10.3. The average Bonchev–Trinajstić information content (AvgIpc) is 3.20. The quantitative estimate of drug-likeness (QED) is 0.793. The van der Waals surface area contributed by atoms with Gasteiger partial charge < -0.3 is 19.1 Å². The van der Waals surface area contributed by atoms with E-state index in [0.29, 0.717) is 25.7 Å². The Balaban J connectivity index is 1.52. The topological polar surface area (TPSA) is 51.2 Å². The van der Waals surface area contributed by atoms with Crippen LogP contribution in [-0.2, 0) is 16.1 Å². The molecule has 1 amide bonds. The van der Waals surface area contributed by atoms with Crippen LogP contribution < -0.4 is 9.47 Å². The summed E-state index contributed by atoms with van der Waals surface area (Å²) in [6.07, 6.45) is 5.48. The highest BCUT2D eigenvalue weighted by Gasteiger charge is 2.34. The van der Waals surface area contributed by atoms with Gasteiger partial charge in [0.25, 0.3) is 5.91 Å². The normalized spacial score (nSPS) is 23.4. The number of carbonyl (C=O) groups is 1. The molecule has 0 radical (unpaired) electrons. The van der Waals surface area contributed by atoms with Crippen LogP contribution in [0, 0.1) is 0 Å². The Morgan fingerprint density at radius 1 is 1.19 bits per heavy atom. The van der Waals surface area contributed by atoms with Gasteiger partial charge in [-0.25, -0.2) is 0 Å². The summed E-state index contributed by atoms with van der Waals surface area (Å²) in [6, 6.07) is 6.29. The van der Waals surface area contributed by atoms with Crippen LogP contribution in [0.5, 0.6) is 11.5 Å². The minimum absolute atomic E-state index is 0.137. The summed E-state index contributed by atoms with van der Waals surface area (Å²) in [5, 5.41) is 0. The predicted molar refractivity (Wildman–Crippen MR) is 102 cm³/mol. The first-order chi connectivity index (χ1) is 13.2. The number of morpholine rings is 1. The molecule has 6 heteroatoms. The fourth-order valence-corrected chi connectivity index (χ4v) is 4.34. The number of ether oxygens (including phenoxy) is 3. The average molecular weight is 374 g/mol. The highest BCUT2D eigenvalue weighted by Crippen LogP contribution is 2.34. The molecule has 2 heterocycles. The summed E-state index contributed by atoms with van der Waals surface area (Å²) in [5.74, 6) is 1.69. The number of benzene rings is 1. The fourth-order valence-electron chi connectivity index (χ4n) is 4.34. The molecule has 148 valence electrons. The highest BCUT2D eigenvalue weighted by atomic mass is 16.7. The van der Waals surface area contributed by atoms with Gasteiger partial charge in [-0.05, 0) is 37.1 Å². The zero-order valence-corrected chi connectivity index (χ0v) is 16.2. The monoisotopic (exact) mass is 374 g/mol. The minimum atomic E-state index is -0.352. The second kappa shape index (κ2) is 8.48. The van der Waals surface area contributed by atoms with Gasteiger partial charge in [0.15, 0.2) is 11.5 Å². The number of likely N-dealkylation sites (N-methyl/N-ethyl adjacent to an activating group) is 1. The SMILES string of the molecule is CCN1CCOC(C(=O)N(Cc2ccc3c(c2)OCO3)C2CCCCC2)C1. The molecule has 2 fully saturated rings. The molecule has 4 rings (SSSR count). The Morgan fingerprint density at radius 3 is 2.81 bits per heavy atom. The van der Waals surface area contributed by atoms with Crippen molar-refractivity contribution < 1.29 is 19.0 Å². The van der Waals surface area contributed by atoms with Gasteiger partial charge in [0.2, 0.25) is 6.79 Å². The van der Waals surface area contributed by atoms with Crippen LogP contribution in [-0.4, -0.2) is 60.9 Å². The number of fused-ring (bicyclic) bond motifs is 1. The third-order valence-electron chi connectivity index (χ3n) is 5.96. The molecule has 0 aromatic heterocycles. The molecule has 6 nitrogen and oxygen atoms in total. The zero-order chi connectivity index (χ0) is 18.6. The third kappa shape index (κ3) is 4.22. The third-order valence-corrected chi connectivity index (χ3v) is 5.96. The predicted octanol–water partition coefficient (Wildman–Crippen LogP) is 2.80. The lowest BCUT2D eigenvalue weighted by molar-refractivity contribution is -0.153. The molecule has 3 aliphatic rings. The molecule has 1 saturated heterocycles. The van der Waals surface area contributed by atoms with E-state index in [0.717, 1.165) is 43.0 Å². The Morgan fingerprint density at radius 2 is 2.00 bits per heavy atom. The van der Waals surface area contributed by atoms with E-state index in [1.165, 1.54) is 19.3 Å². The molecule has 2 aliphatic heterocycles. The van der Waals surface area contributed by atoms with Crippen LogP contribution in [0.15, 0.2) is 18.2 Å². The van der Waals surface area contributed by atoms with E-state index in [1.54, 1.807) is 0 Å². The van der Waals surface area contributed by atoms with Gasteiger partial charge in [0.1, 0.15) is 6.10 Å². The zero-order valence-electron chi connectivity index (χ0n) is 16.2. The Hall–Kier alpha value is -1.79. The van der Waals surface area contributed by atoms with Crippen LogP contribution in [0.2, 0.25) is 0 Å². The van der Waals surface area contributed by atoms with Crippen molar-refractivity contribution in [2.24, 2.45) is 0 Å². The van der Waals surface area contributed by atoms with Crippen molar-refractivity contribution in [2.45, 2.75) is 57.7 Å². The Kier molecular flexibility index (Phi) is 5.83. The van der Waals surface area contributed by atoms with Crippen LogP contribution in [0.3, 0.4) is 0 Å². The van der Waals surface area contributed by atoms with Gasteiger partial charge in [-0.15, -0.1) is 0 Å². The lowest BCUT2D eigenvalue weighted by atomic mass is 9.93. The van der Waals surface area contributed by atoms with Crippen molar-refractivity contribution in [1.82, 2.24) is 9.80 Å². The molecular weight excluding hydrogens is 344 g/mol. The summed E-state index contributed by atoms with van der Waals surface area (Å²) >= 11 is 0. The van der Waals surface area contributed by atoms with Gasteiger partial charge in [-0.1, -0.05) is 32.3 Å². The summed E-state index contributed by atoms with van der Waals surface area (Å²) < 4.78 is 16.8. The van der Waals surface area contributed by atoms with E-state index in [-0.39, 0.29) is 18.8 Å². The minimum Gasteiger partial charge on any atom is -0.454 e. The molecule has 0 N–H and O–H groups in total. The number of hydrogen-bond donors (Lipinski definition) is 0. The maximum Gasteiger partial charge on any atom is 0.253 e.